The molecule has 1 aromatic rings. The molecular weight excluding hydrogens is 193 g/mol. The van der Waals surface area contributed by atoms with Crippen LogP contribution in [0.3, 0.4) is 0 Å². The molecule has 0 radical (unpaired) electrons. The van der Waals surface area contributed by atoms with Crippen LogP contribution in [0.2, 0.25) is 10.0 Å². The highest BCUT2D eigenvalue weighted by molar-refractivity contribution is 6.42. The van der Waals surface area contributed by atoms with E-state index in [1.807, 2.05) is 12.1 Å². The van der Waals surface area contributed by atoms with Crippen LogP contribution in [-0.2, 0) is 0 Å². The number of halogens is 2. The van der Waals surface area contributed by atoms with Crippen LogP contribution in [0, 0.1) is 0 Å². The third-order valence-electron chi connectivity index (χ3n) is 1.50. The SMILES string of the molecule is CCCNc1ccc(Cl)c(Cl)c1. The zero-order valence-electron chi connectivity index (χ0n) is 6.90. The molecule has 0 bridgehead atoms. The van der Waals surface area contributed by atoms with Gasteiger partial charge in [-0.1, -0.05) is 30.1 Å². The van der Waals surface area contributed by atoms with Gasteiger partial charge in [0.1, 0.15) is 0 Å². The van der Waals surface area contributed by atoms with Gasteiger partial charge in [-0.25, -0.2) is 0 Å². The van der Waals surface area contributed by atoms with Crippen molar-refractivity contribution in [2.45, 2.75) is 13.3 Å². The lowest BCUT2D eigenvalue weighted by molar-refractivity contribution is 0.980. The molecule has 0 saturated carbocycles. The summed E-state index contributed by atoms with van der Waals surface area (Å²) in [5, 5.41) is 4.41. The maximum absolute atomic E-state index is 5.82. The molecule has 0 saturated heterocycles. The fourth-order valence-corrected chi connectivity index (χ4v) is 1.17. The maximum Gasteiger partial charge on any atom is 0.0612 e. The van der Waals surface area contributed by atoms with Crippen molar-refractivity contribution in [2.75, 3.05) is 11.9 Å². The van der Waals surface area contributed by atoms with Crippen molar-refractivity contribution in [2.24, 2.45) is 0 Å². The Bertz CT molecular complexity index is 261. The summed E-state index contributed by atoms with van der Waals surface area (Å²) in [4.78, 5) is 0. The van der Waals surface area contributed by atoms with Gasteiger partial charge in [-0.15, -0.1) is 0 Å². The van der Waals surface area contributed by atoms with Gasteiger partial charge >= 0.3 is 0 Å². The number of hydrogen-bond donors (Lipinski definition) is 1. The summed E-state index contributed by atoms with van der Waals surface area (Å²) in [6.07, 6.45) is 1.10. The fraction of sp³-hybridized carbons (Fsp3) is 0.333. The Morgan fingerprint density at radius 3 is 2.58 bits per heavy atom. The molecule has 0 aliphatic carbocycles. The summed E-state index contributed by atoms with van der Waals surface area (Å²) in [6.45, 7) is 3.07. The minimum Gasteiger partial charge on any atom is -0.385 e. The van der Waals surface area contributed by atoms with Crippen LogP contribution in [-0.4, -0.2) is 6.54 Å². The Balaban J connectivity index is 2.69. The van der Waals surface area contributed by atoms with Crippen LogP contribution in [0.25, 0.3) is 0 Å². The van der Waals surface area contributed by atoms with Crippen molar-refractivity contribution >= 4 is 28.9 Å². The van der Waals surface area contributed by atoms with E-state index in [4.69, 9.17) is 23.2 Å². The third kappa shape index (κ3) is 2.58. The Morgan fingerprint density at radius 2 is 2.00 bits per heavy atom. The quantitative estimate of drug-likeness (QED) is 0.789. The zero-order valence-corrected chi connectivity index (χ0v) is 8.41. The molecular formula is C9H11Cl2N. The van der Waals surface area contributed by atoms with Crippen molar-refractivity contribution in [3.8, 4) is 0 Å². The smallest absolute Gasteiger partial charge is 0.0612 e. The molecule has 0 unspecified atom stereocenters. The Labute approximate surface area is 82.7 Å². The zero-order chi connectivity index (χ0) is 8.97. The molecule has 0 aliphatic rings. The van der Waals surface area contributed by atoms with E-state index in [0.29, 0.717) is 10.0 Å². The number of anilines is 1. The van der Waals surface area contributed by atoms with Gasteiger partial charge in [0.25, 0.3) is 0 Å². The van der Waals surface area contributed by atoms with E-state index in [0.717, 1.165) is 18.7 Å². The average Bonchev–Trinajstić information content (AvgIpc) is 2.07. The van der Waals surface area contributed by atoms with Gasteiger partial charge in [0.2, 0.25) is 0 Å². The molecule has 0 spiro atoms. The van der Waals surface area contributed by atoms with Crippen LogP contribution < -0.4 is 5.32 Å². The van der Waals surface area contributed by atoms with E-state index in [-0.39, 0.29) is 0 Å². The normalized spacial score (nSPS) is 9.92. The lowest BCUT2D eigenvalue weighted by atomic mass is 10.3. The molecule has 3 heteroatoms. The van der Waals surface area contributed by atoms with E-state index in [1.54, 1.807) is 6.07 Å². The molecule has 0 heterocycles. The summed E-state index contributed by atoms with van der Waals surface area (Å²) in [5.41, 5.74) is 1.02. The lowest BCUT2D eigenvalue weighted by Gasteiger charge is -2.04. The van der Waals surface area contributed by atoms with Gasteiger partial charge in [0, 0.05) is 12.2 Å². The first kappa shape index (κ1) is 9.69. The standard InChI is InChI=1S/C9H11Cl2N/c1-2-5-12-7-3-4-8(10)9(11)6-7/h3-4,6,12H,2,5H2,1H3. The summed E-state index contributed by atoms with van der Waals surface area (Å²) >= 11 is 11.6. The molecule has 1 aromatic carbocycles. The average molecular weight is 204 g/mol. The van der Waals surface area contributed by atoms with Crippen LogP contribution >= 0.6 is 23.2 Å². The van der Waals surface area contributed by atoms with E-state index >= 15 is 0 Å². The fourth-order valence-electron chi connectivity index (χ4n) is 0.875. The lowest BCUT2D eigenvalue weighted by Crippen LogP contribution is -1.98. The molecule has 1 nitrogen and oxygen atoms in total. The molecule has 1 N–H and O–H groups in total. The monoisotopic (exact) mass is 203 g/mol. The second-order valence-electron chi connectivity index (χ2n) is 2.56. The minimum absolute atomic E-state index is 0.595. The summed E-state index contributed by atoms with van der Waals surface area (Å²) < 4.78 is 0. The first-order chi connectivity index (χ1) is 5.74. The highest BCUT2D eigenvalue weighted by atomic mass is 35.5. The number of hydrogen-bond acceptors (Lipinski definition) is 1. The van der Waals surface area contributed by atoms with E-state index < -0.39 is 0 Å². The van der Waals surface area contributed by atoms with Crippen molar-refractivity contribution in [1.82, 2.24) is 0 Å². The molecule has 66 valence electrons. The molecule has 0 amide bonds. The predicted octanol–water partition coefficient (Wildman–Crippen LogP) is 3.82. The van der Waals surface area contributed by atoms with Crippen LogP contribution in [0.5, 0.6) is 0 Å². The highest BCUT2D eigenvalue weighted by Crippen LogP contribution is 2.24. The summed E-state index contributed by atoms with van der Waals surface area (Å²) in [7, 11) is 0. The molecule has 0 aliphatic heterocycles. The molecule has 0 aromatic heterocycles. The largest absolute Gasteiger partial charge is 0.385 e. The number of benzene rings is 1. The van der Waals surface area contributed by atoms with E-state index in [9.17, 15) is 0 Å². The third-order valence-corrected chi connectivity index (χ3v) is 2.24. The molecule has 0 atom stereocenters. The van der Waals surface area contributed by atoms with Gasteiger partial charge in [0.15, 0.2) is 0 Å². The second kappa shape index (κ2) is 4.58. The molecule has 0 fully saturated rings. The van der Waals surface area contributed by atoms with Gasteiger partial charge < -0.3 is 5.32 Å². The second-order valence-corrected chi connectivity index (χ2v) is 3.37. The number of nitrogens with one attached hydrogen (secondary N) is 1. The van der Waals surface area contributed by atoms with Crippen molar-refractivity contribution in [3.05, 3.63) is 28.2 Å². The Morgan fingerprint density at radius 1 is 1.25 bits per heavy atom. The summed E-state index contributed by atoms with van der Waals surface area (Å²) in [5.74, 6) is 0. The van der Waals surface area contributed by atoms with E-state index in [1.165, 1.54) is 0 Å². The van der Waals surface area contributed by atoms with Gasteiger partial charge in [0.05, 0.1) is 10.0 Å². The van der Waals surface area contributed by atoms with Gasteiger partial charge in [-0.3, -0.25) is 0 Å². The highest BCUT2D eigenvalue weighted by Gasteiger charge is 1.97. The van der Waals surface area contributed by atoms with Crippen LogP contribution in [0.1, 0.15) is 13.3 Å². The van der Waals surface area contributed by atoms with Gasteiger partial charge in [-0.2, -0.15) is 0 Å². The summed E-state index contributed by atoms with van der Waals surface area (Å²) in [6, 6.07) is 5.55. The number of rotatable bonds is 3. The Hall–Kier alpha value is -0.400. The predicted molar refractivity (Wildman–Crippen MR) is 55.2 cm³/mol. The van der Waals surface area contributed by atoms with Crippen molar-refractivity contribution in [1.29, 1.82) is 0 Å². The topological polar surface area (TPSA) is 12.0 Å². The van der Waals surface area contributed by atoms with Gasteiger partial charge in [-0.05, 0) is 24.6 Å². The van der Waals surface area contributed by atoms with E-state index in [2.05, 4.69) is 12.2 Å². The first-order valence-corrected chi connectivity index (χ1v) is 4.68. The van der Waals surface area contributed by atoms with Crippen LogP contribution in [0.4, 0.5) is 5.69 Å². The Kier molecular flexibility index (Phi) is 3.70. The minimum atomic E-state index is 0.595. The van der Waals surface area contributed by atoms with Crippen molar-refractivity contribution in [3.63, 3.8) is 0 Å². The molecule has 12 heavy (non-hydrogen) atoms. The molecule has 1 rings (SSSR count). The first-order valence-electron chi connectivity index (χ1n) is 3.93. The van der Waals surface area contributed by atoms with Crippen LogP contribution in [0.15, 0.2) is 18.2 Å². The maximum atomic E-state index is 5.82. The van der Waals surface area contributed by atoms with Crippen molar-refractivity contribution < 1.29 is 0 Å².